The number of hydrogen-bond donors (Lipinski definition) is 0. The molecule has 3 fully saturated rings. The predicted octanol–water partition coefficient (Wildman–Crippen LogP) is 2.67. The fraction of sp³-hybridized carbons (Fsp3) is 0.889. The number of carbonyl (C=O) groups is 2. The van der Waals surface area contributed by atoms with Crippen molar-refractivity contribution in [3.05, 3.63) is 0 Å². The minimum Gasteiger partial charge on any atom is -0.342 e. The smallest absolute Gasteiger partial charge is 0.227 e. The quantitative estimate of drug-likeness (QED) is 0.787. The van der Waals surface area contributed by atoms with Gasteiger partial charge in [0.15, 0.2) is 0 Å². The number of piperidine rings is 1. The van der Waals surface area contributed by atoms with Crippen molar-refractivity contribution in [1.82, 2.24) is 9.80 Å². The number of nitrogens with zero attached hydrogens (tertiary/aromatic N) is 2. The lowest BCUT2D eigenvalue weighted by molar-refractivity contribution is -0.143. The zero-order chi connectivity index (χ0) is 15.7. The third-order valence-electron chi connectivity index (χ3n) is 5.65. The number of likely N-dealkylation sites (tertiary alicyclic amines) is 2. The monoisotopic (exact) mass is 306 g/mol. The minimum atomic E-state index is 0.0317. The van der Waals surface area contributed by atoms with Gasteiger partial charge in [0.25, 0.3) is 0 Å². The molecule has 2 aliphatic heterocycles. The second-order valence-electron chi connectivity index (χ2n) is 7.77. The van der Waals surface area contributed by atoms with E-state index in [0.717, 1.165) is 45.2 Å². The Bertz CT molecular complexity index is 433. The van der Waals surface area contributed by atoms with Crippen molar-refractivity contribution in [2.24, 2.45) is 17.8 Å². The Morgan fingerprint density at radius 3 is 2.32 bits per heavy atom. The van der Waals surface area contributed by atoms with Gasteiger partial charge in [-0.15, -0.1) is 0 Å². The predicted molar refractivity (Wildman–Crippen MR) is 86.2 cm³/mol. The lowest BCUT2D eigenvalue weighted by Crippen LogP contribution is -2.49. The van der Waals surface area contributed by atoms with Crippen LogP contribution in [0.4, 0.5) is 0 Å². The molecule has 3 aliphatic rings. The second-order valence-corrected chi connectivity index (χ2v) is 7.77. The van der Waals surface area contributed by atoms with Gasteiger partial charge in [0.05, 0.1) is 5.92 Å². The zero-order valence-corrected chi connectivity index (χ0v) is 14.1. The fourth-order valence-corrected chi connectivity index (χ4v) is 4.03. The van der Waals surface area contributed by atoms with Crippen molar-refractivity contribution in [3.63, 3.8) is 0 Å². The Kier molecular flexibility index (Phi) is 4.74. The molecule has 0 N–H and O–H groups in total. The summed E-state index contributed by atoms with van der Waals surface area (Å²) in [5.41, 5.74) is 0. The summed E-state index contributed by atoms with van der Waals surface area (Å²) in [4.78, 5) is 29.4. The van der Waals surface area contributed by atoms with Crippen LogP contribution in [-0.2, 0) is 9.59 Å². The van der Waals surface area contributed by atoms with Crippen molar-refractivity contribution in [2.75, 3.05) is 19.6 Å². The van der Waals surface area contributed by atoms with E-state index in [2.05, 4.69) is 18.7 Å². The van der Waals surface area contributed by atoms with Crippen molar-refractivity contribution >= 4 is 11.8 Å². The van der Waals surface area contributed by atoms with Gasteiger partial charge in [0.1, 0.15) is 0 Å². The Morgan fingerprint density at radius 1 is 0.818 bits per heavy atom. The molecule has 0 unspecified atom stereocenters. The molecule has 0 spiro atoms. The molecule has 0 radical (unpaired) electrons. The summed E-state index contributed by atoms with van der Waals surface area (Å²) in [5.74, 6) is 1.50. The first-order chi connectivity index (χ1) is 10.6. The van der Waals surface area contributed by atoms with E-state index >= 15 is 0 Å². The van der Waals surface area contributed by atoms with Gasteiger partial charge >= 0.3 is 0 Å². The minimum absolute atomic E-state index is 0.0317. The molecular formula is C18H30N2O2. The number of rotatable bonds is 2. The second kappa shape index (κ2) is 6.59. The van der Waals surface area contributed by atoms with E-state index < -0.39 is 0 Å². The largest absolute Gasteiger partial charge is 0.342 e. The molecule has 0 aromatic carbocycles. The lowest BCUT2D eigenvalue weighted by Gasteiger charge is -2.37. The van der Waals surface area contributed by atoms with Gasteiger partial charge in [-0.05, 0) is 51.4 Å². The van der Waals surface area contributed by atoms with E-state index in [1.165, 1.54) is 12.8 Å². The van der Waals surface area contributed by atoms with Gasteiger partial charge in [-0.3, -0.25) is 9.59 Å². The highest BCUT2D eigenvalue weighted by Crippen LogP contribution is 2.33. The third-order valence-corrected chi connectivity index (χ3v) is 5.65. The zero-order valence-electron chi connectivity index (χ0n) is 14.1. The normalized spacial score (nSPS) is 33.5. The van der Waals surface area contributed by atoms with Crippen molar-refractivity contribution in [2.45, 2.75) is 64.8 Å². The van der Waals surface area contributed by atoms with Crippen LogP contribution in [0, 0.1) is 17.8 Å². The molecule has 2 amide bonds. The van der Waals surface area contributed by atoms with Crippen LogP contribution in [0.5, 0.6) is 0 Å². The Hall–Kier alpha value is -1.06. The van der Waals surface area contributed by atoms with Crippen LogP contribution in [0.25, 0.3) is 0 Å². The highest BCUT2D eigenvalue weighted by atomic mass is 16.2. The highest BCUT2D eigenvalue weighted by molar-refractivity contribution is 5.83. The molecule has 22 heavy (non-hydrogen) atoms. The fourth-order valence-electron chi connectivity index (χ4n) is 4.03. The summed E-state index contributed by atoms with van der Waals surface area (Å²) in [6, 6.07) is 0.354. The van der Waals surface area contributed by atoms with Crippen LogP contribution in [0.15, 0.2) is 0 Å². The average Bonchev–Trinajstić information content (AvgIpc) is 3.36. The van der Waals surface area contributed by atoms with Crippen LogP contribution in [-0.4, -0.2) is 47.3 Å². The maximum Gasteiger partial charge on any atom is 0.227 e. The maximum absolute atomic E-state index is 13.0. The van der Waals surface area contributed by atoms with Gasteiger partial charge in [0.2, 0.25) is 11.8 Å². The van der Waals surface area contributed by atoms with Gasteiger partial charge in [-0.1, -0.05) is 13.3 Å². The average molecular weight is 306 g/mol. The van der Waals surface area contributed by atoms with E-state index in [0.29, 0.717) is 30.3 Å². The SMILES string of the molecule is C[C@@H]1CCC[C@@H](C)N(C(=O)[C@@H]2CCCN(C(=O)C3CC3)C2)C1. The molecule has 1 saturated carbocycles. The first-order valence-corrected chi connectivity index (χ1v) is 9.15. The summed E-state index contributed by atoms with van der Waals surface area (Å²) < 4.78 is 0. The van der Waals surface area contributed by atoms with E-state index in [9.17, 15) is 9.59 Å². The van der Waals surface area contributed by atoms with Gasteiger partial charge < -0.3 is 9.80 Å². The van der Waals surface area contributed by atoms with Gasteiger partial charge in [-0.2, -0.15) is 0 Å². The molecule has 2 saturated heterocycles. The summed E-state index contributed by atoms with van der Waals surface area (Å²) in [6.45, 7) is 6.85. The number of amides is 2. The molecule has 1 aliphatic carbocycles. The van der Waals surface area contributed by atoms with Crippen LogP contribution in [0.1, 0.15) is 58.8 Å². The van der Waals surface area contributed by atoms with Crippen LogP contribution >= 0.6 is 0 Å². The molecule has 0 aromatic rings. The lowest BCUT2D eigenvalue weighted by atomic mass is 9.95. The summed E-state index contributed by atoms with van der Waals surface area (Å²) in [7, 11) is 0. The van der Waals surface area contributed by atoms with Crippen molar-refractivity contribution in [3.8, 4) is 0 Å². The summed E-state index contributed by atoms with van der Waals surface area (Å²) in [6.07, 6.45) is 7.60. The topological polar surface area (TPSA) is 40.6 Å². The molecular weight excluding hydrogens is 276 g/mol. The summed E-state index contributed by atoms with van der Waals surface area (Å²) in [5, 5.41) is 0. The molecule has 0 aromatic heterocycles. The van der Waals surface area contributed by atoms with Crippen molar-refractivity contribution < 1.29 is 9.59 Å². The Balaban J connectivity index is 1.63. The third kappa shape index (κ3) is 3.47. The van der Waals surface area contributed by atoms with Crippen molar-refractivity contribution in [1.29, 1.82) is 0 Å². The maximum atomic E-state index is 13.0. The highest BCUT2D eigenvalue weighted by Gasteiger charge is 2.38. The standard InChI is InChI=1S/C18H30N2O2/c1-13-5-3-6-14(2)20(11-13)18(22)16-7-4-10-19(12-16)17(21)15-8-9-15/h13-16H,3-12H2,1-2H3/t13-,14-,16-/m1/s1. The molecule has 124 valence electrons. The Morgan fingerprint density at radius 2 is 1.59 bits per heavy atom. The van der Waals surface area contributed by atoms with E-state index in [4.69, 9.17) is 0 Å². The number of carbonyl (C=O) groups excluding carboxylic acids is 2. The van der Waals surface area contributed by atoms with E-state index in [1.54, 1.807) is 0 Å². The van der Waals surface area contributed by atoms with Crippen LogP contribution in [0.3, 0.4) is 0 Å². The summed E-state index contributed by atoms with van der Waals surface area (Å²) >= 11 is 0. The van der Waals surface area contributed by atoms with Gasteiger partial charge in [0, 0.05) is 31.6 Å². The number of hydrogen-bond acceptors (Lipinski definition) is 2. The molecule has 3 rings (SSSR count). The van der Waals surface area contributed by atoms with Crippen LogP contribution in [0.2, 0.25) is 0 Å². The first-order valence-electron chi connectivity index (χ1n) is 9.15. The van der Waals surface area contributed by atoms with E-state index in [1.807, 2.05) is 4.90 Å². The Labute approximate surface area is 134 Å². The van der Waals surface area contributed by atoms with E-state index in [-0.39, 0.29) is 11.8 Å². The van der Waals surface area contributed by atoms with Crippen LogP contribution < -0.4 is 0 Å². The molecule has 3 atom stereocenters. The van der Waals surface area contributed by atoms with Gasteiger partial charge in [-0.25, -0.2) is 0 Å². The molecule has 0 bridgehead atoms. The molecule has 4 heteroatoms. The molecule has 2 heterocycles. The first kappa shape index (κ1) is 15.8. The molecule has 4 nitrogen and oxygen atoms in total.